The molecular weight excluding hydrogens is 516 g/mol. The lowest BCUT2D eigenvalue weighted by atomic mass is 9.99. The van der Waals surface area contributed by atoms with Crippen LogP contribution in [0.4, 0.5) is 36.0 Å². The summed E-state index contributed by atoms with van der Waals surface area (Å²) in [6.45, 7) is 4.04. The third kappa shape index (κ3) is 7.59. The van der Waals surface area contributed by atoms with Crippen molar-refractivity contribution >= 4 is 29.7 Å². The van der Waals surface area contributed by atoms with Gasteiger partial charge >= 0.3 is 12.1 Å². The summed E-state index contributed by atoms with van der Waals surface area (Å²) in [5.41, 5.74) is 0. The molecule has 0 radical (unpaired) electrons. The van der Waals surface area contributed by atoms with Gasteiger partial charge in [0.1, 0.15) is 11.9 Å². The molecule has 1 atom stereocenters. The van der Waals surface area contributed by atoms with Crippen LogP contribution >= 0.6 is 0 Å². The van der Waals surface area contributed by atoms with Crippen molar-refractivity contribution in [1.29, 1.82) is 0 Å². The quantitative estimate of drug-likeness (QED) is 0.449. The van der Waals surface area contributed by atoms with E-state index in [4.69, 9.17) is 9.47 Å². The van der Waals surface area contributed by atoms with E-state index in [2.05, 4.69) is 35.9 Å². The number of ether oxygens (including phenoxy) is 2. The van der Waals surface area contributed by atoms with Crippen molar-refractivity contribution in [2.24, 2.45) is 5.92 Å². The molecule has 0 aromatic carbocycles. The van der Waals surface area contributed by atoms with Gasteiger partial charge in [0.15, 0.2) is 5.82 Å². The first kappa shape index (κ1) is 28.1. The maximum absolute atomic E-state index is 14.9. The Kier molecular flexibility index (Phi) is 9.22. The fourth-order valence-electron chi connectivity index (χ4n) is 4.37. The molecule has 0 saturated carbocycles. The molecule has 2 saturated heterocycles. The van der Waals surface area contributed by atoms with Crippen LogP contribution in [0.25, 0.3) is 0 Å². The van der Waals surface area contributed by atoms with E-state index in [0.717, 1.165) is 30.8 Å². The Hall–Kier alpha value is -3.88. The van der Waals surface area contributed by atoms with Crippen LogP contribution in [0.5, 0.6) is 5.88 Å². The van der Waals surface area contributed by atoms with Crippen molar-refractivity contribution in [2.45, 2.75) is 38.2 Å². The predicted octanol–water partition coefficient (Wildman–Crippen LogP) is 2.59. The van der Waals surface area contributed by atoms with Crippen molar-refractivity contribution < 1.29 is 27.8 Å². The van der Waals surface area contributed by atoms with Gasteiger partial charge in [-0.2, -0.15) is 4.98 Å². The number of carbonyl (C=O) groups excluding carboxylic acids is 2. The number of carbonyl (C=O) groups is 2. The number of nitrogens with zero attached hydrogens (tertiary/aromatic N) is 6. The van der Waals surface area contributed by atoms with E-state index in [-0.39, 0.29) is 36.6 Å². The maximum Gasteiger partial charge on any atom is 0.412 e. The molecular formula is C24H33F2N9O4. The van der Waals surface area contributed by atoms with Crippen molar-refractivity contribution in [1.82, 2.24) is 30.2 Å². The highest BCUT2D eigenvalue weighted by Crippen LogP contribution is 2.33. The zero-order chi connectivity index (χ0) is 27.8. The van der Waals surface area contributed by atoms with Crippen LogP contribution in [0.2, 0.25) is 0 Å². The number of alkyl halides is 2. The second-order valence-electron chi connectivity index (χ2n) is 9.35. The number of aromatic nitrogens is 4. The molecule has 2 aliphatic heterocycles. The molecule has 212 valence electrons. The minimum Gasteiger partial charge on any atom is -0.477 e. The number of halogens is 2. The monoisotopic (exact) mass is 549 g/mol. The summed E-state index contributed by atoms with van der Waals surface area (Å²) in [7, 11) is 1.29. The molecule has 1 unspecified atom stereocenters. The number of nitrogens with one attached hydrogen (secondary N) is 3. The normalized spacial score (nSPS) is 19.2. The molecule has 2 aliphatic rings. The molecule has 2 fully saturated rings. The Morgan fingerprint density at radius 1 is 1.18 bits per heavy atom. The van der Waals surface area contributed by atoms with Gasteiger partial charge in [0.25, 0.3) is 5.92 Å². The van der Waals surface area contributed by atoms with Crippen LogP contribution in [-0.4, -0.2) is 95.4 Å². The Balaban J connectivity index is 1.36. The number of anilines is 3. The first-order valence-electron chi connectivity index (χ1n) is 12.8. The van der Waals surface area contributed by atoms with Crippen LogP contribution < -0.4 is 25.6 Å². The SMILES string of the molecule is CCOc1cnc(NC(=O)N(C)C2CN(c3nccc(NC(=O)OCC4CCNCC4)n3)CCC2(F)F)cn1. The largest absolute Gasteiger partial charge is 0.477 e. The standard InChI is InChI=1S/C24H33F2N9O4/c1-3-38-20-13-29-19(12-30-20)32-22(36)34(2)17-14-35(11-7-24(17,25)26)21-28-10-6-18(31-21)33-23(37)39-15-16-4-8-27-9-5-16/h6,10,12-13,16-17,27H,3-5,7-9,11,14-15H2,1-2H3,(H,29,32,36)(H,28,31,33,37). The summed E-state index contributed by atoms with van der Waals surface area (Å²) in [5, 5.41) is 8.30. The molecule has 13 nitrogen and oxygen atoms in total. The topological polar surface area (TPSA) is 147 Å². The van der Waals surface area contributed by atoms with Crippen molar-refractivity contribution in [2.75, 3.05) is 62.0 Å². The van der Waals surface area contributed by atoms with Crippen LogP contribution in [0, 0.1) is 5.92 Å². The number of piperidine rings is 2. The Morgan fingerprint density at radius 3 is 2.69 bits per heavy atom. The van der Waals surface area contributed by atoms with Gasteiger partial charge in [-0.1, -0.05) is 0 Å². The van der Waals surface area contributed by atoms with Gasteiger partial charge in [-0.25, -0.2) is 33.3 Å². The lowest BCUT2D eigenvalue weighted by Gasteiger charge is -2.42. The highest BCUT2D eigenvalue weighted by Gasteiger charge is 2.48. The Morgan fingerprint density at radius 2 is 1.97 bits per heavy atom. The summed E-state index contributed by atoms with van der Waals surface area (Å²) in [6, 6.07) is -0.757. The zero-order valence-electron chi connectivity index (χ0n) is 21.9. The molecule has 2 aromatic heterocycles. The van der Waals surface area contributed by atoms with Gasteiger partial charge in [-0.05, 0) is 44.8 Å². The fourth-order valence-corrected chi connectivity index (χ4v) is 4.37. The van der Waals surface area contributed by atoms with Crippen LogP contribution in [0.15, 0.2) is 24.7 Å². The molecule has 0 aliphatic carbocycles. The molecule has 0 bridgehead atoms. The molecule has 3 N–H and O–H groups in total. The van der Waals surface area contributed by atoms with E-state index in [9.17, 15) is 18.4 Å². The number of hydrogen-bond acceptors (Lipinski definition) is 10. The van der Waals surface area contributed by atoms with E-state index >= 15 is 0 Å². The van der Waals surface area contributed by atoms with Crippen molar-refractivity contribution in [3.63, 3.8) is 0 Å². The van der Waals surface area contributed by atoms with Gasteiger partial charge in [-0.3, -0.25) is 10.6 Å². The van der Waals surface area contributed by atoms with Crippen LogP contribution in [-0.2, 0) is 4.74 Å². The Bertz CT molecular complexity index is 1120. The molecule has 4 rings (SSSR count). The van der Waals surface area contributed by atoms with E-state index in [1.807, 2.05) is 0 Å². The van der Waals surface area contributed by atoms with Crippen molar-refractivity contribution in [3.8, 4) is 5.88 Å². The lowest BCUT2D eigenvalue weighted by Crippen LogP contribution is -2.60. The first-order chi connectivity index (χ1) is 18.7. The van der Waals surface area contributed by atoms with Gasteiger partial charge in [0, 0.05) is 32.8 Å². The second kappa shape index (κ2) is 12.8. The van der Waals surface area contributed by atoms with E-state index in [0.29, 0.717) is 19.1 Å². The summed E-state index contributed by atoms with van der Waals surface area (Å²) in [4.78, 5) is 44.0. The Labute approximate surface area is 224 Å². The average molecular weight is 550 g/mol. The predicted molar refractivity (Wildman–Crippen MR) is 138 cm³/mol. The highest BCUT2D eigenvalue weighted by molar-refractivity contribution is 5.88. The highest BCUT2D eigenvalue weighted by atomic mass is 19.3. The van der Waals surface area contributed by atoms with Crippen LogP contribution in [0.1, 0.15) is 26.2 Å². The van der Waals surface area contributed by atoms with E-state index in [1.165, 1.54) is 31.7 Å². The zero-order valence-corrected chi connectivity index (χ0v) is 21.9. The molecule has 4 heterocycles. The van der Waals surface area contributed by atoms with Crippen molar-refractivity contribution in [3.05, 3.63) is 24.7 Å². The second-order valence-corrected chi connectivity index (χ2v) is 9.35. The molecule has 39 heavy (non-hydrogen) atoms. The van der Waals surface area contributed by atoms with Gasteiger partial charge in [0.2, 0.25) is 11.8 Å². The molecule has 2 aromatic rings. The molecule has 3 amide bonds. The minimum absolute atomic E-state index is 0.0348. The third-order valence-electron chi connectivity index (χ3n) is 6.60. The summed E-state index contributed by atoms with van der Waals surface area (Å²) in [6.07, 6.45) is 4.75. The molecule has 15 heteroatoms. The smallest absolute Gasteiger partial charge is 0.412 e. The summed E-state index contributed by atoms with van der Waals surface area (Å²) >= 11 is 0. The maximum atomic E-state index is 14.9. The number of hydrogen-bond donors (Lipinski definition) is 3. The fraction of sp³-hybridized carbons (Fsp3) is 0.583. The van der Waals surface area contributed by atoms with Crippen LogP contribution in [0.3, 0.4) is 0 Å². The van der Waals surface area contributed by atoms with Gasteiger partial charge < -0.3 is 24.6 Å². The third-order valence-corrected chi connectivity index (χ3v) is 6.60. The number of urea groups is 1. The number of amides is 3. The number of rotatable bonds is 8. The van der Waals surface area contributed by atoms with Gasteiger partial charge in [0.05, 0.1) is 25.6 Å². The summed E-state index contributed by atoms with van der Waals surface area (Å²) in [5.74, 6) is -2.13. The van der Waals surface area contributed by atoms with Gasteiger partial charge in [-0.15, -0.1) is 0 Å². The summed E-state index contributed by atoms with van der Waals surface area (Å²) < 4.78 is 40.4. The lowest BCUT2D eigenvalue weighted by molar-refractivity contribution is -0.0760. The molecule has 0 spiro atoms. The average Bonchev–Trinajstić information content (AvgIpc) is 2.93. The number of likely N-dealkylation sites (N-methyl/N-ethyl adjacent to an activating group) is 1. The van der Waals surface area contributed by atoms with E-state index < -0.39 is 30.5 Å². The van der Waals surface area contributed by atoms with E-state index in [1.54, 1.807) is 11.8 Å². The first-order valence-corrected chi connectivity index (χ1v) is 12.8. The minimum atomic E-state index is -3.15.